The maximum atomic E-state index is 5.85. The zero-order valence-electron chi connectivity index (χ0n) is 12.6. The second kappa shape index (κ2) is 9.85. The number of hydrogen-bond acceptors (Lipinski definition) is 2. The van der Waals surface area contributed by atoms with Gasteiger partial charge in [-0.05, 0) is 30.5 Å². The van der Waals surface area contributed by atoms with Crippen LogP contribution in [0.3, 0.4) is 0 Å². The highest BCUT2D eigenvalue weighted by Crippen LogP contribution is 2.20. The normalized spacial score (nSPS) is 10.7. The smallest absolute Gasteiger partial charge is 0.122 e. The Balaban J connectivity index is 2.15. The van der Waals surface area contributed by atoms with E-state index in [1.54, 1.807) is 0 Å². The van der Waals surface area contributed by atoms with Crippen LogP contribution in [0.5, 0.6) is 5.75 Å². The van der Waals surface area contributed by atoms with Gasteiger partial charge in [0.25, 0.3) is 0 Å². The number of unbranched alkanes of at least 4 members (excludes halogenated alkanes) is 6. The van der Waals surface area contributed by atoms with Crippen LogP contribution in [0.15, 0.2) is 18.2 Å². The third-order valence-electron chi connectivity index (χ3n) is 3.49. The molecule has 0 aliphatic heterocycles. The summed E-state index contributed by atoms with van der Waals surface area (Å²) in [5.74, 6) is 0.994. The average Bonchev–Trinajstić information content (AvgIpc) is 2.43. The van der Waals surface area contributed by atoms with Crippen LogP contribution in [-0.4, -0.2) is 6.61 Å². The molecule has 19 heavy (non-hydrogen) atoms. The van der Waals surface area contributed by atoms with Gasteiger partial charge in [-0.15, -0.1) is 0 Å². The van der Waals surface area contributed by atoms with E-state index in [2.05, 4.69) is 32.0 Å². The Hall–Kier alpha value is -1.02. The molecule has 0 aromatic heterocycles. The summed E-state index contributed by atoms with van der Waals surface area (Å²) in [6, 6.07) is 6.22. The highest BCUT2D eigenvalue weighted by atomic mass is 16.5. The zero-order valence-corrected chi connectivity index (χ0v) is 12.6. The molecule has 0 aliphatic rings. The Morgan fingerprint density at radius 2 is 1.68 bits per heavy atom. The third-order valence-corrected chi connectivity index (χ3v) is 3.49. The van der Waals surface area contributed by atoms with Crippen LogP contribution in [0.2, 0.25) is 0 Å². The van der Waals surface area contributed by atoms with Crippen LogP contribution in [0.1, 0.15) is 63.0 Å². The average molecular weight is 263 g/mol. The van der Waals surface area contributed by atoms with Crippen molar-refractivity contribution in [1.29, 1.82) is 0 Å². The van der Waals surface area contributed by atoms with Gasteiger partial charge in [-0.3, -0.25) is 0 Å². The van der Waals surface area contributed by atoms with Gasteiger partial charge in [-0.1, -0.05) is 57.6 Å². The van der Waals surface area contributed by atoms with Gasteiger partial charge in [-0.2, -0.15) is 0 Å². The molecule has 0 radical (unpaired) electrons. The van der Waals surface area contributed by atoms with Crippen molar-refractivity contribution < 1.29 is 4.74 Å². The fraction of sp³-hybridized carbons (Fsp3) is 0.647. The molecule has 0 atom stereocenters. The first-order valence-corrected chi connectivity index (χ1v) is 7.70. The van der Waals surface area contributed by atoms with E-state index in [1.165, 1.54) is 44.1 Å². The minimum Gasteiger partial charge on any atom is -0.493 e. The summed E-state index contributed by atoms with van der Waals surface area (Å²) in [6.07, 6.45) is 9.22. The van der Waals surface area contributed by atoms with Gasteiger partial charge in [0.15, 0.2) is 0 Å². The van der Waals surface area contributed by atoms with Crippen LogP contribution in [-0.2, 0) is 6.54 Å². The number of aryl methyl sites for hydroxylation is 1. The molecule has 1 aromatic carbocycles. The van der Waals surface area contributed by atoms with Gasteiger partial charge in [-0.25, -0.2) is 0 Å². The molecule has 0 heterocycles. The molecular formula is C17H29NO. The van der Waals surface area contributed by atoms with Gasteiger partial charge in [0, 0.05) is 6.54 Å². The molecule has 0 fully saturated rings. The fourth-order valence-corrected chi connectivity index (χ4v) is 2.17. The lowest BCUT2D eigenvalue weighted by atomic mass is 10.1. The summed E-state index contributed by atoms with van der Waals surface area (Å²) in [5, 5.41) is 0. The molecule has 2 N–H and O–H groups in total. The summed E-state index contributed by atoms with van der Waals surface area (Å²) >= 11 is 0. The van der Waals surface area contributed by atoms with Gasteiger partial charge in [0.1, 0.15) is 5.75 Å². The summed E-state index contributed by atoms with van der Waals surface area (Å²) in [4.78, 5) is 0. The number of rotatable bonds is 10. The number of hydrogen-bond donors (Lipinski definition) is 1. The molecule has 0 amide bonds. The van der Waals surface area contributed by atoms with Crippen LogP contribution in [0, 0.1) is 6.92 Å². The SMILES string of the molecule is CCCCCCCCCOc1cc(CN)ccc1C. The molecule has 0 bridgehead atoms. The van der Waals surface area contributed by atoms with E-state index in [0.29, 0.717) is 6.54 Å². The second-order valence-electron chi connectivity index (χ2n) is 5.27. The minimum absolute atomic E-state index is 0.577. The maximum Gasteiger partial charge on any atom is 0.122 e. The highest BCUT2D eigenvalue weighted by Gasteiger charge is 2.01. The summed E-state index contributed by atoms with van der Waals surface area (Å²) in [5.41, 5.74) is 7.98. The third kappa shape index (κ3) is 6.63. The summed E-state index contributed by atoms with van der Waals surface area (Å²) < 4.78 is 5.85. The Morgan fingerprint density at radius 1 is 1.00 bits per heavy atom. The van der Waals surface area contributed by atoms with Crippen molar-refractivity contribution in [2.75, 3.05) is 6.61 Å². The standard InChI is InChI=1S/C17H29NO/c1-3-4-5-6-7-8-9-12-19-17-13-16(14-18)11-10-15(17)2/h10-11,13H,3-9,12,14,18H2,1-2H3. The molecular weight excluding hydrogens is 234 g/mol. The van der Waals surface area contributed by atoms with E-state index >= 15 is 0 Å². The zero-order chi connectivity index (χ0) is 13.9. The molecule has 0 saturated carbocycles. The number of nitrogens with two attached hydrogens (primary N) is 1. The van der Waals surface area contributed by atoms with Crippen LogP contribution >= 0.6 is 0 Å². The molecule has 2 heteroatoms. The van der Waals surface area contributed by atoms with Crippen molar-refractivity contribution in [2.45, 2.75) is 65.3 Å². The van der Waals surface area contributed by atoms with Crippen molar-refractivity contribution in [3.63, 3.8) is 0 Å². The van der Waals surface area contributed by atoms with Crippen molar-refractivity contribution in [3.05, 3.63) is 29.3 Å². The first-order chi connectivity index (χ1) is 9.27. The van der Waals surface area contributed by atoms with E-state index in [9.17, 15) is 0 Å². The predicted molar refractivity (Wildman–Crippen MR) is 82.6 cm³/mol. The minimum atomic E-state index is 0.577. The number of benzene rings is 1. The Labute approximate surface area is 118 Å². The summed E-state index contributed by atoms with van der Waals surface area (Å²) in [6.45, 7) is 5.74. The van der Waals surface area contributed by atoms with Crippen LogP contribution in [0.4, 0.5) is 0 Å². The molecule has 108 valence electrons. The molecule has 1 aromatic rings. The lowest BCUT2D eigenvalue weighted by molar-refractivity contribution is 0.302. The quantitative estimate of drug-likeness (QED) is 0.627. The predicted octanol–water partition coefficient (Wildman–Crippen LogP) is 4.58. The molecule has 0 spiro atoms. The molecule has 1 rings (SSSR count). The monoisotopic (exact) mass is 263 g/mol. The van der Waals surface area contributed by atoms with E-state index < -0.39 is 0 Å². The summed E-state index contributed by atoms with van der Waals surface area (Å²) in [7, 11) is 0. The largest absolute Gasteiger partial charge is 0.493 e. The lowest BCUT2D eigenvalue weighted by Gasteiger charge is -2.10. The molecule has 2 nitrogen and oxygen atoms in total. The lowest BCUT2D eigenvalue weighted by Crippen LogP contribution is -2.01. The maximum absolute atomic E-state index is 5.85. The number of ether oxygens (including phenoxy) is 1. The molecule has 0 saturated heterocycles. The van der Waals surface area contributed by atoms with Gasteiger partial charge in [0.05, 0.1) is 6.61 Å². The van der Waals surface area contributed by atoms with E-state index in [-0.39, 0.29) is 0 Å². The van der Waals surface area contributed by atoms with E-state index in [1.807, 2.05) is 0 Å². The van der Waals surface area contributed by atoms with Crippen molar-refractivity contribution >= 4 is 0 Å². The molecule has 0 aliphatic carbocycles. The second-order valence-corrected chi connectivity index (χ2v) is 5.27. The van der Waals surface area contributed by atoms with E-state index in [4.69, 9.17) is 10.5 Å². The van der Waals surface area contributed by atoms with Crippen molar-refractivity contribution in [2.24, 2.45) is 5.73 Å². The topological polar surface area (TPSA) is 35.2 Å². The molecule has 0 unspecified atom stereocenters. The van der Waals surface area contributed by atoms with Gasteiger partial charge < -0.3 is 10.5 Å². The van der Waals surface area contributed by atoms with Crippen LogP contribution < -0.4 is 10.5 Å². The fourth-order valence-electron chi connectivity index (χ4n) is 2.17. The van der Waals surface area contributed by atoms with Crippen molar-refractivity contribution in [3.8, 4) is 5.75 Å². The van der Waals surface area contributed by atoms with E-state index in [0.717, 1.165) is 24.3 Å². The first-order valence-electron chi connectivity index (χ1n) is 7.70. The Kier molecular flexibility index (Phi) is 8.31. The first kappa shape index (κ1) is 16.0. The Morgan fingerprint density at radius 3 is 2.37 bits per heavy atom. The van der Waals surface area contributed by atoms with Crippen molar-refractivity contribution in [1.82, 2.24) is 0 Å². The van der Waals surface area contributed by atoms with Gasteiger partial charge >= 0.3 is 0 Å². The highest BCUT2D eigenvalue weighted by molar-refractivity contribution is 5.36. The Bertz CT molecular complexity index is 349. The van der Waals surface area contributed by atoms with Crippen LogP contribution in [0.25, 0.3) is 0 Å². The van der Waals surface area contributed by atoms with Gasteiger partial charge in [0.2, 0.25) is 0 Å².